The van der Waals surface area contributed by atoms with Crippen LogP contribution in [0.4, 0.5) is 4.79 Å². The van der Waals surface area contributed by atoms with Crippen LogP contribution in [0.3, 0.4) is 0 Å². The summed E-state index contributed by atoms with van der Waals surface area (Å²) in [5.41, 5.74) is 0.777. The summed E-state index contributed by atoms with van der Waals surface area (Å²) in [5.74, 6) is 0.703. The lowest BCUT2D eigenvalue weighted by atomic mass is 10.1. The number of aromatic nitrogens is 2. The standard InChI is InChI=1S/C15H19ClN4O3/c1-9(8-21)10(2)18-15(22)17-7-13-19-14(20-23-13)11-3-5-12(16)6-4-11/h3-6,9-10,21H,7-8H2,1-2H3,(H2,17,18,22). The van der Waals surface area contributed by atoms with Crippen molar-refractivity contribution in [3.8, 4) is 11.4 Å². The second kappa shape index (κ2) is 7.94. The number of aliphatic hydroxyl groups excluding tert-OH is 1. The number of hydrogen-bond donors (Lipinski definition) is 3. The first-order valence-electron chi connectivity index (χ1n) is 7.23. The fourth-order valence-electron chi connectivity index (χ4n) is 1.76. The molecule has 1 aromatic heterocycles. The minimum absolute atomic E-state index is 0.00948. The number of aliphatic hydroxyl groups is 1. The number of halogens is 1. The van der Waals surface area contributed by atoms with E-state index in [2.05, 4.69) is 20.8 Å². The molecule has 0 saturated heterocycles. The van der Waals surface area contributed by atoms with Crippen LogP contribution in [0.2, 0.25) is 5.02 Å². The van der Waals surface area contributed by atoms with Crippen molar-refractivity contribution in [2.45, 2.75) is 26.4 Å². The Morgan fingerprint density at radius 1 is 1.35 bits per heavy atom. The van der Waals surface area contributed by atoms with Gasteiger partial charge in [-0.05, 0) is 37.1 Å². The molecule has 7 nitrogen and oxygen atoms in total. The lowest BCUT2D eigenvalue weighted by Gasteiger charge is -2.19. The Balaban J connectivity index is 1.87. The maximum Gasteiger partial charge on any atom is 0.315 e. The van der Waals surface area contributed by atoms with E-state index in [-0.39, 0.29) is 31.1 Å². The molecule has 1 heterocycles. The number of urea groups is 1. The largest absolute Gasteiger partial charge is 0.396 e. The molecule has 2 amide bonds. The molecule has 8 heteroatoms. The van der Waals surface area contributed by atoms with Gasteiger partial charge in [0.15, 0.2) is 0 Å². The van der Waals surface area contributed by atoms with Crippen molar-refractivity contribution in [3.63, 3.8) is 0 Å². The van der Waals surface area contributed by atoms with Crippen LogP contribution in [0.5, 0.6) is 0 Å². The zero-order chi connectivity index (χ0) is 16.8. The van der Waals surface area contributed by atoms with Crippen molar-refractivity contribution >= 4 is 17.6 Å². The molecule has 1 aromatic carbocycles. The molecular formula is C15H19ClN4O3. The number of rotatable bonds is 6. The Morgan fingerprint density at radius 2 is 2.04 bits per heavy atom. The van der Waals surface area contributed by atoms with Gasteiger partial charge in [0.1, 0.15) is 0 Å². The summed E-state index contributed by atoms with van der Waals surface area (Å²) in [7, 11) is 0. The highest BCUT2D eigenvalue weighted by Crippen LogP contribution is 2.18. The summed E-state index contributed by atoms with van der Waals surface area (Å²) >= 11 is 5.83. The van der Waals surface area contributed by atoms with Gasteiger partial charge in [0, 0.05) is 23.2 Å². The maximum atomic E-state index is 11.8. The van der Waals surface area contributed by atoms with Crippen molar-refractivity contribution in [3.05, 3.63) is 35.2 Å². The smallest absolute Gasteiger partial charge is 0.315 e. The average Bonchev–Trinajstić information content (AvgIpc) is 3.01. The van der Waals surface area contributed by atoms with E-state index in [4.69, 9.17) is 21.2 Å². The number of amides is 2. The van der Waals surface area contributed by atoms with Gasteiger partial charge in [-0.1, -0.05) is 23.7 Å². The molecule has 0 bridgehead atoms. The van der Waals surface area contributed by atoms with Crippen LogP contribution in [0.15, 0.2) is 28.8 Å². The third-order valence-electron chi connectivity index (χ3n) is 3.47. The summed E-state index contributed by atoms with van der Waals surface area (Å²) < 4.78 is 5.10. The fraction of sp³-hybridized carbons (Fsp3) is 0.400. The molecule has 23 heavy (non-hydrogen) atoms. The number of benzene rings is 1. The Labute approximate surface area is 139 Å². The summed E-state index contributed by atoms with van der Waals surface area (Å²) in [6.07, 6.45) is 0. The van der Waals surface area contributed by atoms with Crippen molar-refractivity contribution in [1.29, 1.82) is 0 Å². The molecular weight excluding hydrogens is 320 g/mol. The van der Waals surface area contributed by atoms with Gasteiger partial charge in [-0.2, -0.15) is 4.98 Å². The third-order valence-corrected chi connectivity index (χ3v) is 3.72. The Morgan fingerprint density at radius 3 is 2.70 bits per heavy atom. The highest BCUT2D eigenvalue weighted by atomic mass is 35.5. The molecule has 2 rings (SSSR count). The lowest BCUT2D eigenvalue weighted by Crippen LogP contribution is -2.44. The zero-order valence-electron chi connectivity index (χ0n) is 12.9. The van der Waals surface area contributed by atoms with Gasteiger partial charge in [-0.3, -0.25) is 0 Å². The summed E-state index contributed by atoms with van der Waals surface area (Å²) in [6, 6.07) is 6.55. The van der Waals surface area contributed by atoms with Crippen LogP contribution in [0.1, 0.15) is 19.7 Å². The van der Waals surface area contributed by atoms with Crippen molar-refractivity contribution < 1.29 is 14.4 Å². The molecule has 0 aliphatic rings. The first kappa shape index (κ1) is 17.2. The van der Waals surface area contributed by atoms with E-state index in [1.165, 1.54) is 0 Å². The Bertz CT molecular complexity index is 644. The molecule has 0 radical (unpaired) electrons. The quantitative estimate of drug-likeness (QED) is 0.749. The van der Waals surface area contributed by atoms with Gasteiger partial charge in [0.2, 0.25) is 11.7 Å². The van der Waals surface area contributed by atoms with Crippen LogP contribution < -0.4 is 10.6 Å². The summed E-state index contributed by atoms with van der Waals surface area (Å²) in [5, 5.41) is 18.9. The summed E-state index contributed by atoms with van der Waals surface area (Å²) in [4.78, 5) is 16.0. The number of carbonyl (C=O) groups excluding carboxylic acids is 1. The van der Waals surface area contributed by atoms with E-state index in [1.54, 1.807) is 24.3 Å². The Hall–Kier alpha value is -2.12. The lowest BCUT2D eigenvalue weighted by molar-refractivity contribution is 0.199. The molecule has 2 atom stereocenters. The van der Waals surface area contributed by atoms with Crippen LogP contribution in [0.25, 0.3) is 11.4 Å². The first-order chi connectivity index (χ1) is 11.0. The normalized spacial score (nSPS) is 13.4. The van der Waals surface area contributed by atoms with E-state index in [1.807, 2.05) is 13.8 Å². The minimum atomic E-state index is -0.357. The van der Waals surface area contributed by atoms with Gasteiger partial charge in [0.25, 0.3) is 0 Å². The zero-order valence-corrected chi connectivity index (χ0v) is 13.7. The number of nitrogens with one attached hydrogen (secondary N) is 2. The van der Waals surface area contributed by atoms with Gasteiger partial charge < -0.3 is 20.3 Å². The van der Waals surface area contributed by atoms with Crippen LogP contribution >= 0.6 is 11.6 Å². The molecule has 0 fully saturated rings. The summed E-state index contributed by atoms with van der Waals surface area (Å²) in [6.45, 7) is 3.80. The van der Waals surface area contributed by atoms with Gasteiger partial charge in [-0.15, -0.1) is 0 Å². The topological polar surface area (TPSA) is 100 Å². The number of carbonyl (C=O) groups is 1. The molecule has 0 spiro atoms. The molecule has 0 aliphatic carbocycles. The molecule has 0 saturated carbocycles. The van der Waals surface area contributed by atoms with E-state index in [0.29, 0.717) is 16.7 Å². The van der Waals surface area contributed by atoms with Crippen LogP contribution in [-0.4, -0.2) is 33.9 Å². The van der Waals surface area contributed by atoms with E-state index < -0.39 is 0 Å². The van der Waals surface area contributed by atoms with Crippen LogP contribution in [-0.2, 0) is 6.54 Å². The predicted molar refractivity (Wildman–Crippen MR) is 85.8 cm³/mol. The molecule has 2 unspecified atom stereocenters. The SMILES string of the molecule is CC(CO)C(C)NC(=O)NCc1nc(-c2ccc(Cl)cc2)no1. The third kappa shape index (κ3) is 4.94. The minimum Gasteiger partial charge on any atom is -0.396 e. The Kier molecular flexibility index (Phi) is 5.95. The molecule has 3 N–H and O–H groups in total. The van der Waals surface area contributed by atoms with E-state index in [0.717, 1.165) is 5.56 Å². The van der Waals surface area contributed by atoms with E-state index >= 15 is 0 Å². The predicted octanol–water partition coefficient (Wildman–Crippen LogP) is 2.21. The van der Waals surface area contributed by atoms with Crippen molar-refractivity contribution in [2.24, 2.45) is 5.92 Å². The highest BCUT2D eigenvalue weighted by Gasteiger charge is 2.14. The second-order valence-corrected chi connectivity index (χ2v) is 5.73. The van der Waals surface area contributed by atoms with Gasteiger partial charge in [0.05, 0.1) is 6.54 Å². The van der Waals surface area contributed by atoms with Crippen LogP contribution in [0, 0.1) is 5.92 Å². The van der Waals surface area contributed by atoms with Gasteiger partial charge >= 0.3 is 6.03 Å². The second-order valence-electron chi connectivity index (χ2n) is 5.29. The molecule has 0 aliphatic heterocycles. The average molecular weight is 339 g/mol. The van der Waals surface area contributed by atoms with Crippen molar-refractivity contribution in [2.75, 3.05) is 6.61 Å². The van der Waals surface area contributed by atoms with Crippen molar-refractivity contribution in [1.82, 2.24) is 20.8 Å². The first-order valence-corrected chi connectivity index (χ1v) is 7.61. The molecule has 124 valence electrons. The highest BCUT2D eigenvalue weighted by molar-refractivity contribution is 6.30. The monoisotopic (exact) mass is 338 g/mol. The maximum absolute atomic E-state index is 11.8. The molecule has 2 aromatic rings. The fourth-order valence-corrected chi connectivity index (χ4v) is 1.88. The van der Waals surface area contributed by atoms with E-state index in [9.17, 15) is 4.79 Å². The number of hydrogen-bond acceptors (Lipinski definition) is 5. The number of nitrogens with zero attached hydrogens (tertiary/aromatic N) is 2. The van der Waals surface area contributed by atoms with Gasteiger partial charge in [-0.25, -0.2) is 4.79 Å².